The monoisotopic (exact) mass is 360 g/mol. The van der Waals surface area contributed by atoms with Crippen LogP contribution in [0.2, 0.25) is 0 Å². The van der Waals surface area contributed by atoms with Gasteiger partial charge in [0, 0.05) is 0 Å². The minimum Gasteiger partial charge on any atom is -0.528 e. The van der Waals surface area contributed by atoms with Gasteiger partial charge in [0.15, 0.2) is 0 Å². The molecule has 0 fully saturated rings. The van der Waals surface area contributed by atoms with E-state index < -0.39 is 5.41 Å². The van der Waals surface area contributed by atoms with Gasteiger partial charge in [-0.1, -0.05) is 91.0 Å². The Morgan fingerprint density at radius 2 is 0.962 bits per heavy atom. The highest BCUT2D eigenvalue weighted by molar-refractivity contribution is 6.06. The Kier molecular flexibility index (Phi) is 6.02. The van der Waals surface area contributed by atoms with E-state index in [0.717, 1.165) is 16.7 Å². The van der Waals surface area contributed by atoms with Crippen LogP contribution in [-0.2, 0) is 28.5 Å². The third kappa shape index (κ3) is 4.49. The van der Waals surface area contributed by atoms with Gasteiger partial charge in [0.25, 0.3) is 5.97 Å². The van der Waals surface area contributed by atoms with Gasteiger partial charge in [-0.3, -0.25) is 4.79 Å². The van der Waals surface area contributed by atoms with E-state index in [4.69, 9.17) is 4.43 Å². The summed E-state index contributed by atoms with van der Waals surface area (Å²) in [6, 6.07) is 30.7. The molecule has 0 N–H and O–H groups in total. The van der Waals surface area contributed by atoms with E-state index in [0.29, 0.717) is 29.7 Å². The predicted octanol–water partition coefficient (Wildman–Crippen LogP) is 3.52. The second-order valence-corrected chi connectivity index (χ2v) is 7.17. The van der Waals surface area contributed by atoms with Crippen LogP contribution < -0.4 is 0 Å². The fraction of sp³-hybridized carbons (Fsp3) is 0.174. The van der Waals surface area contributed by atoms with Gasteiger partial charge >= 0.3 is 0 Å². The van der Waals surface area contributed by atoms with Crippen LogP contribution in [0.5, 0.6) is 0 Å². The lowest BCUT2D eigenvalue weighted by atomic mass is 9.72. The molecule has 3 heteroatoms. The zero-order chi connectivity index (χ0) is 18.2. The van der Waals surface area contributed by atoms with Crippen molar-refractivity contribution < 1.29 is 9.22 Å². The van der Waals surface area contributed by atoms with Crippen molar-refractivity contribution in [1.29, 1.82) is 0 Å². The lowest BCUT2D eigenvalue weighted by Gasteiger charge is -2.32. The summed E-state index contributed by atoms with van der Waals surface area (Å²) in [5, 5.41) is 0. The average Bonchev–Trinajstić information content (AvgIpc) is 2.69. The molecule has 0 aliphatic carbocycles. The maximum absolute atomic E-state index is 13.1. The number of benzene rings is 3. The van der Waals surface area contributed by atoms with Crippen molar-refractivity contribution in [3.63, 3.8) is 0 Å². The Morgan fingerprint density at radius 3 is 1.23 bits per heavy atom. The van der Waals surface area contributed by atoms with Crippen LogP contribution in [0.3, 0.4) is 0 Å². The molecule has 0 aliphatic heterocycles. The van der Waals surface area contributed by atoms with Gasteiger partial charge in [-0.2, -0.15) is 0 Å². The lowest BCUT2D eigenvalue weighted by molar-refractivity contribution is -0.145. The van der Waals surface area contributed by atoms with Crippen molar-refractivity contribution in [2.24, 2.45) is 5.41 Å². The van der Waals surface area contributed by atoms with Crippen molar-refractivity contribution in [2.45, 2.75) is 19.3 Å². The van der Waals surface area contributed by atoms with E-state index in [9.17, 15) is 4.79 Å². The van der Waals surface area contributed by atoms with Gasteiger partial charge < -0.3 is 4.43 Å². The molecule has 0 unspecified atom stereocenters. The SMILES string of the molecule is O=C(O[SiH3])C(Cc1ccccc1)(Cc1ccccc1)Cc1ccccc1. The Hall–Kier alpha value is -2.65. The number of hydrogen-bond acceptors (Lipinski definition) is 2. The summed E-state index contributed by atoms with van der Waals surface area (Å²) in [6.45, 7) is 0. The van der Waals surface area contributed by atoms with Crippen molar-refractivity contribution >= 4 is 16.5 Å². The van der Waals surface area contributed by atoms with Crippen molar-refractivity contribution in [2.75, 3.05) is 0 Å². The maximum atomic E-state index is 13.1. The lowest BCUT2D eigenvalue weighted by Crippen LogP contribution is -2.39. The molecule has 0 amide bonds. The van der Waals surface area contributed by atoms with Crippen LogP contribution >= 0.6 is 0 Å². The highest BCUT2D eigenvalue weighted by Gasteiger charge is 2.39. The van der Waals surface area contributed by atoms with Gasteiger partial charge in [0.05, 0.1) is 5.41 Å². The first-order valence-electron chi connectivity index (χ1n) is 8.92. The topological polar surface area (TPSA) is 26.3 Å². The Balaban J connectivity index is 2.02. The molecule has 0 saturated carbocycles. The van der Waals surface area contributed by atoms with Crippen LogP contribution in [0.25, 0.3) is 0 Å². The molecular formula is C23H24O2Si. The first-order chi connectivity index (χ1) is 12.7. The van der Waals surface area contributed by atoms with Crippen molar-refractivity contribution in [3.8, 4) is 0 Å². The predicted molar refractivity (Wildman–Crippen MR) is 109 cm³/mol. The minimum atomic E-state index is -0.605. The molecule has 0 atom stereocenters. The smallest absolute Gasteiger partial charge is 0.299 e. The number of carbonyl (C=O) groups is 1. The molecule has 0 radical (unpaired) electrons. The molecule has 3 rings (SSSR count). The first-order valence-corrected chi connectivity index (χ1v) is 9.74. The fourth-order valence-electron chi connectivity index (χ4n) is 3.58. The van der Waals surface area contributed by atoms with Gasteiger partial charge in [-0.15, -0.1) is 0 Å². The van der Waals surface area contributed by atoms with Gasteiger partial charge in [0.1, 0.15) is 0 Å². The molecule has 3 aromatic rings. The Morgan fingerprint density at radius 1 is 0.654 bits per heavy atom. The molecule has 0 aliphatic rings. The standard InChI is InChI=1S/C23H24O2Si/c24-22(25-26)23(16-19-10-4-1-5-11-19,17-20-12-6-2-7-13-20)18-21-14-8-3-9-15-21/h1-15H,16-18H2,26H3. The zero-order valence-electron chi connectivity index (χ0n) is 15.1. The van der Waals surface area contributed by atoms with Crippen molar-refractivity contribution in [1.82, 2.24) is 0 Å². The first kappa shape index (κ1) is 18.1. The Bertz CT molecular complexity index is 715. The largest absolute Gasteiger partial charge is 0.528 e. The number of rotatable bonds is 7. The minimum absolute atomic E-state index is 0.0966. The molecule has 0 bridgehead atoms. The molecule has 26 heavy (non-hydrogen) atoms. The highest BCUT2D eigenvalue weighted by atomic mass is 28.2. The van der Waals surface area contributed by atoms with E-state index in [1.807, 2.05) is 54.6 Å². The van der Waals surface area contributed by atoms with Crippen molar-refractivity contribution in [3.05, 3.63) is 108 Å². The molecule has 0 heterocycles. The summed E-state index contributed by atoms with van der Waals surface area (Å²) in [5.74, 6) is -0.0966. The molecule has 3 aromatic carbocycles. The Labute approximate surface area is 158 Å². The van der Waals surface area contributed by atoms with E-state index in [1.165, 1.54) is 0 Å². The average molecular weight is 361 g/mol. The number of carbonyl (C=O) groups excluding carboxylic acids is 1. The van der Waals surface area contributed by atoms with E-state index in [1.54, 1.807) is 0 Å². The third-order valence-electron chi connectivity index (χ3n) is 4.77. The molecule has 0 spiro atoms. The third-order valence-corrected chi connectivity index (χ3v) is 5.15. The van der Waals surface area contributed by atoms with Crippen LogP contribution in [0.15, 0.2) is 91.0 Å². The van der Waals surface area contributed by atoms with E-state index >= 15 is 0 Å². The fourth-order valence-corrected chi connectivity index (χ4v) is 4.01. The molecule has 2 nitrogen and oxygen atoms in total. The van der Waals surface area contributed by atoms with Crippen LogP contribution in [-0.4, -0.2) is 16.5 Å². The van der Waals surface area contributed by atoms with Gasteiger partial charge in [0.2, 0.25) is 10.5 Å². The summed E-state index contributed by atoms with van der Waals surface area (Å²) in [7, 11) is 0.405. The summed E-state index contributed by atoms with van der Waals surface area (Å²) in [4.78, 5) is 13.1. The summed E-state index contributed by atoms with van der Waals surface area (Å²) in [5.41, 5.74) is 2.87. The normalized spacial score (nSPS) is 11.2. The summed E-state index contributed by atoms with van der Waals surface area (Å²) >= 11 is 0. The van der Waals surface area contributed by atoms with E-state index in [-0.39, 0.29) is 5.97 Å². The number of hydrogen-bond donors (Lipinski definition) is 0. The summed E-state index contributed by atoms with van der Waals surface area (Å²) in [6.07, 6.45) is 2.00. The summed E-state index contributed by atoms with van der Waals surface area (Å²) < 4.78 is 5.43. The van der Waals surface area contributed by atoms with Crippen LogP contribution in [0.4, 0.5) is 0 Å². The second-order valence-electron chi connectivity index (χ2n) is 6.76. The van der Waals surface area contributed by atoms with Gasteiger partial charge in [-0.25, -0.2) is 0 Å². The van der Waals surface area contributed by atoms with Crippen LogP contribution in [0, 0.1) is 5.41 Å². The molecule has 0 aromatic heterocycles. The quantitative estimate of drug-likeness (QED) is 0.603. The van der Waals surface area contributed by atoms with E-state index in [2.05, 4.69) is 36.4 Å². The van der Waals surface area contributed by atoms with Gasteiger partial charge in [-0.05, 0) is 36.0 Å². The van der Waals surface area contributed by atoms with Crippen LogP contribution in [0.1, 0.15) is 16.7 Å². The molecule has 0 saturated heterocycles. The highest BCUT2D eigenvalue weighted by Crippen LogP contribution is 2.33. The zero-order valence-corrected chi connectivity index (χ0v) is 17.1. The second kappa shape index (κ2) is 8.63. The molecular weight excluding hydrogens is 336 g/mol. The molecule has 132 valence electrons. The maximum Gasteiger partial charge on any atom is 0.299 e.